The number of carboxylic acid groups (broad SMARTS) is 1. The minimum Gasteiger partial charge on any atom is -0.481 e. The highest BCUT2D eigenvalue weighted by atomic mass is 16.4. The molecule has 0 saturated carbocycles. The van der Waals surface area contributed by atoms with Crippen LogP contribution in [0.4, 0.5) is 0 Å². The molecule has 1 unspecified atom stereocenters. The minimum atomic E-state index is -0.726. The molecular formula is C12H18O2. The maximum atomic E-state index is 10.6. The van der Waals surface area contributed by atoms with E-state index in [1.54, 1.807) is 0 Å². The fourth-order valence-corrected chi connectivity index (χ4v) is 2.27. The van der Waals surface area contributed by atoms with E-state index < -0.39 is 5.97 Å². The second-order valence-corrected chi connectivity index (χ2v) is 4.15. The van der Waals surface area contributed by atoms with Crippen LogP contribution in [0.5, 0.6) is 0 Å². The van der Waals surface area contributed by atoms with E-state index in [1.807, 2.05) is 6.92 Å². The summed E-state index contributed by atoms with van der Waals surface area (Å²) in [6, 6.07) is 0. The molecule has 0 fully saturated rings. The Bertz CT molecular complexity index is 287. The van der Waals surface area contributed by atoms with Crippen molar-refractivity contribution >= 4 is 5.97 Å². The first-order valence-corrected chi connectivity index (χ1v) is 5.12. The van der Waals surface area contributed by atoms with Gasteiger partial charge in [0.25, 0.3) is 0 Å². The number of carboxylic acids is 1. The molecule has 1 aliphatic carbocycles. The van der Waals surface area contributed by atoms with Crippen molar-refractivity contribution in [2.75, 3.05) is 0 Å². The fourth-order valence-electron chi connectivity index (χ4n) is 2.27. The Hall–Kier alpha value is -1.05. The zero-order valence-corrected chi connectivity index (χ0v) is 8.97. The van der Waals surface area contributed by atoms with Crippen LogP contribution in [0, 0.1) is 5.92 Å². The first-order valence-electron chi connectivity index (χ1n) is 5.12. The molecular weight excluding hydrogens is 176 g/mol. The van der Waals surface area contributed by atoms with Crippen molar-refractivity contribution in [1.29, 1.82) is 0 Å². The fraction of sp³-hybridized carbons (Fsp3) is 0.583. The Balaban J connectivity index is 2.82. The van der Waals surface area contributed by atoms with Gasteiger partial charge in [0.1, 0.15) is 0 Å². The third kappa shape index (κ3) is 2.47. The molecule has 0 bridgehead atoms. The molecule has 0 amide bonds. The summed E-state index contributed by atoms with van der Waals surface area (Å²) in [5.74, 6) is -0.614. The summed E-state index contributed by atoms with van der Waals surface area (Å²) in [5, 5.41) is 8.73. The van der Waals surface area contributed by atoms with E-state index in [1.165, 1.54) is 11.1 Å². The molecule has 2 nitrogen and oxygen atoms in total. The van der Waals surface area contributed by atoms with Crippen LogP contribution in [-0.4, -0.2) is 11.1 Å². The third-order valence-corrected chi connectivity index (χ3v) is 2.84. The minimum absolute atomic E-state index is 0.111. The van der Waals surface area contributed by atoms with Crippen molar-refractivity contribution < 1.29 is 9.90 Å². The Morgan fingerprint density at radius 1 is 1.57 bits per heavy atom. The molecule has 0 heterocycles. The van der Waals surface area contributed by atoms with Crippen molar-refractivity contribution in [1.82, 2.24) is 0 Å². The number of aliphatic carboxylic acids is 1. The van der Waals surface area contributed by atoms with Crippen molar-refractivity contribution in [2.24, 2.45) is 5.92 Å². The SMILES string of the molecule is C=C1CCCC(C)=C1C(C)CC(=O)O. The average Bonchev–Trinajstić information content (AvgIpc) is 2.01. The molecule has 78 valence electrons. The van der Waals surface area contributed by atoms with Crippen molar-refractivity contribution in [3.8, 4) is 0 Å². The van der Waals surface area contributed by atoms with Gasteiger partial charge in [-0.1, -0.05) is 24.6 Å². The van der Waals surface area contributed by atoms with Gasteiger partial charge in [0, 0.05) is 0 Å². The summed E-state index contributed by atoms with van der Waals surface area (Å²) >= 11 is 0. The average molecular weight is 194 g/mol. The second kappa shape index (κ2) is 4.45. The molecule has 0 radical (unpaired) electrons. The topological polar surface area (TPSA) is 37.3 Å². The van der Waals surface area contributed by atoms with E-state index in [0.29, 0.717) is 0 Å². The van der Waals surface area contributed by atoms with Gasteiger partial charge < -0.3 is 5.11 Å². The smallest absolute Gasteiger partial charge is 0.303 e. The van der Waals surface area contributed by atoms with E-state index in [0.717, 1.165) is 24.8 Å². The lowest BCUT2D eigenvalue weighted by Gasteiger charge is -2.24. The van der Waals surface area contributed by atoms with Gasteiger partial charge in [0.2, 0.25) is 0 Å². The first kappa shape index (κ1) is 11.0. The molecule has 0 saturated heterocycles. The molecule has 1 atom stereocenters. The highest BCUT2D eigenvalue weighted by Gasteiger charge is 2.20. The van der Waals surface area contributed by atoms with E-state index >= 15 is 0 Å². The van der Waals surface area contributed by atoms with Gasteiger partial charge in [0.15, 0.2) is 0 Å². The van der Waals surface area contributed by atoms with Crippen molar-refractivity contribution in [3.05, 3.63) is 23.3 Å². The van der Waals surface area contributed by atoms with E-state index in [4.69, 9.17) is 5.11 Å². The predicted octanol–water partition coefficient (Wildman–Crippen LogP) is 3.15. The van der Waals surface area contributed by atoms with Crippen LogP contribution in [0.2, 0.25) is 0 Å². The molecule has 0 aromatic heterocycles. The molecule has 0 aromatic carbocycles. The molecule has 1 aliphatic rings. The normalized spacial score (nSPS) is 19.7. The standard InChI is InChI=1S/C12H18O2/c1-8-5-4-6-9(2)12(8)10(3)7-11(13)14/h10H,1,4-7H2,2-3H3,(H,13,14). The number of allylic oxidation sites excluding steroid dienone is 3. The second-order valence-electron chi connectivity index (χ2n) is 4.15. The van der Waals surface area contributed by atoms with Crippen LogP contribution in [0.25, 0.3) is 0 Å². The van der Waals surface area contributed by atoms with Crippen molar-refractivity contribution in [3.63, 3.8) is 0 Å². The Labute approximate surface area is 85.3 Å². The summed E-state index contributed by atoms with van der Waals surface area (Å²) < 4.78 is 0. The molecule has 2 heteroatoms. The Morgan fingerprint density at radius 2 is 2.21 bits per heavy atom. The summed E-state index contributed by atoms with van der Waals surface area (Å²) in [5.41, 5.74) is 3.68. The Kier molecular flexibility index (Phi) is 3.50. The Morgan fingerprint density at radius 3 is 2.71 bits per heavy atom. The van der Waals surface area contributed by atoms with Crippen molar-refractivity contribution in [2.45, 2.75) is 39.5 Å². The van der Waals surface area contributed by atoms with Crippen LogP contribution in [0.1, 0.15) is 39.5 Å². The summed E-state index contributed by atoms with van der Waals surface area (Å²) in [6.07, 6.45) is 3.49. The number of hydrogen-bond acceptors (Lipinski definition) is 1. The summed E-state index contributed by atoms with van der Waals surface area (Å²) in [7, 11) is 0. The van der Waals surface area contributed by atoms with E-state index in [2.05, 4.69) is 13.5 Å². The van der Waals surface area contributed by atoms with Gasteiger partial charge >= 0.3 is 5.97 Å². The maximum absolute atomic E-state index is 10.6. The zero-order valence-electron chi connectivity index (χ0n) is 8.97. The van der Waals surface area contributed by atoms with Crippen LogP contribution in [-0.2, 0) is 4.79 Å². The molecule has 0 aromatic rings. The lowest BCUT2D eigenvalue weighted by Crippen LogP contribution is -2.12. The molecule has 1 N–H and O–H groups in total. The summed E-state index contributed by atoms with van der Waals surface area (Å²) in [6.45, 7) is 8.09. The monoisotopic (exact) mass is 194 g/mol. The number of hydrogen-bond donors (Lipinski definition) is 1. The third-order valence-electron chi connectivity index (χ3n) is 2.84. The van der Waals surface area contributed by atoms with E-state index in [9.17, 15) is 4.79 Å². The summed E-state index contributed by atoms with van der Waals surface area (Å²) in [4.78, 5) is 10.6. The number of carbonyl (C=O) groups is 1. The molecule has 0 spiro atoms. The van der Waals surface area contributed by atoms with Gasteiger partial charge in [0.05, 0.1) is 6.42 Å². The van der Waals surface area contributed by atoms with Crippen LogP contribution >= 0.6 is 0 Å². The van der Waals surface area contributed by atoms with Crippen LogP contribution in [0.3, 0.4) is 0 Å². The highest BCUT2D eigenvalue weighted by molar-refractivity contribution is 5.68. The predicted molar refractivity (Wildman–Crippen MR) is 57.1 cm³/mol. The lowest BCUT2D eigenvalue weighted by molar-refractivity contribution is -0.137. The van der Waals surface area contributed by atoms with Gasteiger partial charge in [-0.25, -0.2) is 0 Å². The van der Waals surface area contributed by atoms with Gasteiger partial charge in [-0.2, -0.15) is 0 Å². The first-order chi connectivity index (χ1) is 6.52. The maximum Gasteiger partial charge on any atom is 0.303 e. The van der Waals surface area contributed by atoms with Crippen LogP contribution in [0.15, 0.2) is 23.3 Å². The quantitative estimate of drug-likeness (QED) is 0.749. The molecule has 1 rings (SSSR count). The van der Waals surface area contributed by atoms with Gasteiger partial charge in [-0.05, 0) is 37.7 Å². The largest absolute Gasteiger partial charge is 0.481 e. The van der Waals surface area contributed by atoms with Crippen LogP contribution < -0.4 is 0 Å². The van der Waals surface area contributed by atoms with E-state index in [-0.39, 0.29) is 12.3 Å². The highest BCUT2D eigenvalue weighted by Crippen LogP contribution is 2.34. The zero-order chi connectivity index (χ0) is 10.7. The molecule has 14 heavy (non-hydrogen) atoms. The molecule has 0 aliphatic heterocycles. The van der Waals surface area contributed by atoms with Gasteiger partial charge in [-0.3, -0.25) is 4.79 Å². The lowest BCUT2D eigenvalue weighted by atomic mass is 9.81. The van der Waals surface area contributed by atoms with Gasteiger partial charge in [-0.15, -0.1) is 0 Å². The number of rotatable bonds is 3.